The van der Waals surface area contributed by atoms with E-state index in [1.165, 1.54) is 19.1 Å². The van der Waals surface area contributed by atoms with Gasteiger partial charge in [0.05, 0.1) is 11.6 Å². The zero-order valence-corrected chi connectivity index (χ0v) is 10.3. The van der Waals surface area contributed by atoms with Crippen LogP contribution in [-0.4, -0.2) is 22.4 Å². The Bertz CT molecular complexity index is 477. The summed E-state index contributed by atoms with van der Waals surface area (Å²) in [7, 11) is 0. The summed E-state index contributed by atoms with van der Waals surface area (Å²) in [6, 6.07) is 2.27. The molecule has 1 aromatic rings. The van der Waals surface area contributed by atoms with Gasteiger partial charge in [0.2, 0.25) is 0 Å². The zero-order valence-electron chi connectivity index (χ0n) is 10.3. The first-order valence-corrected chi connectivity index (χ1v) is 5.52. The topological polar surface area (TPSA) is 69.6 Å². The van der Waals surface area contributed by atoms with Crippen LogP contribution in [0.15, 0.2) is 18.2 Å². The lowest BCUT2D eigenvalue weighted by Crippen LogP contribution is -2.31. The quantitative estimate of drug-likeness (QED) is 0.792. The van der Waals surface area contributed by atoms with E-state index in [1.54, 1.807) is 0 Å². The largest absolute Gasteiger partial charge is 0.465 e. The van der Waals surface area contributed by atoms with E-state index in [4.69, 9.17) is 10.2 Å². The minimum Gasteiger partial charge on any atom is -0.465 e. The summed E-state index contributed by atoms with van der Waals surface area (Å²) in [5.74, 6) is -4.97. The van der Waals surface area contributed by atoms with Crippen LogP contribution < -0.4 is 5.32 Å². The van der Waals surface area contributed by atoms with E-state index in [0.717, 1.165) is 13.0 Å². The molecule has 1 unspecified atom stereocenters. The van der Waals surface area contributed by atoms with Crippen molar-refractivity contribution in [2.75, 3.05) is 0 Å². The molecule has 1 amide bonds. The van der Waals surface area contributed by atoms with Gasteiger partial charge in [-0.3, -0.25) is 0 Å². The maximum atomic E-state index is 14.0. The van der Waals surface area contributed by atoms with Crippen molar-refractivity contribution in [2.24, 2.45) is 0 Å². The molecule has 19 heavy (non-hydrogen) atoms. The Kier molecular flexibility index (Phi) is 4.41. The summed E-state index contributed by atoms with van der Waals surface area (Å²) in [4.78, 5) is 10.5. The number of carboxylic acid groups (broad SMARTS) is 1. The molecular weight excluding hydrogens is 263 g/mol. The first kappa shape index (κ1) is 15.3. The summed E-state index contributed by atoms with van der Waals surface area (Å²) in [5, 5.41) is 19.5. The number of aliphatic hydroxyl groups is 1. The predicted molar refractivity (Wildman–Crippen MR) is 61.6 cm³/mol. The fourth-order valence-electron chi connectivity index (χ4n) is 1.63. The second-order valence-corrected chi connectivity index (χ2v) is 4.18. The maximum Gasteiger partial charge on any atom is 0.405 e. The van der Waals surface area contributed by atoms with Gasteiger partial charge in [0.1, 0.15) is 11.9 Å². The molecule has 0 saturated heterocycles. The molecule has 1 rings (SSSR count). The van der Waals surface area contributed by atoms with Crippen molar-refractivity contribution in [3.05, 3.63) is 35.1 Å². The van der Waals surface area contributed by atoms with Gasteiger partial charge in [0.15, 0.2) is 0 Å². The van der Waals surface area contributed by atoms with Crippen LogP contribution in [0.4, 0.5) is 18.0 Å². The van der Waals surface area contributed by atoms with Crippen LogP contribution in [0.2, 0.25) is 0 Å². The number of halogens is 3. The van der Waals surface area contributed by atoms with Crippen LogP contribution in [-0.2, 0) is 5.92 Å². The number of rotatable bonds is 4. The number of alkyl halides is 2. The van der Waals surface area contributed by atoms with Crippen molar-refractivity contribution < 1.29 is 28.2 Å². The van der Waals surface area contributed by atoms with Gasteiger partial charge in [0.25, 0.3) is 0 Å². The summed E-state index contributed by atoms with van der Waals surface area (Å²) in [6.45, 7) is 2.18. The van der Waals surface area contributed by atoms with Gasteiger partial charge < -0.3 is 15.5 Å². The third-order valence-corrected chi connectivity index (χ3v) is 2.72. The number of hydrogen-bond acceptors (Lipinski definition) is 2. The molecule has 0 aliphatic carbocycles. The van der Waals surface area contributed by atoms with Crippen LogP contribution in [0, 0.1) is 5.82 Å². The molecule has 0 fully saturated rings. The highest BCUT2D eigenvalue weighted by molar-refractivity contribution is 5.65. The number of benzene rings is 1. The van der Waals surface area contributed by atoms with Crippen molar-refractivity contribution in [3.63, 3.8) is 0 Å². The van der Waals surface area contributed by atoms with E-state index in [2.05, 4.69) is 0 Å². The number of hydrogen-bond donors (Lipinski definition) is 3. The lowest BCUT2D eigenvalue weighted by atomic mass is 9.98. The van der Waals surface area contributed by atoms with Crippen molar-refractivity contribution in [1.82, 2.24) is 5.32 Å². The molecule has 0 aliphatic heterocycles. The normalized spacial score (nSPS) is 14.8. The standard InChI is InChI=1S/C12H14F3NO3/c1-6(16-11(18)19)8-4-3-5-9(10(8)13)12(14,15)7(2)17/h3-7,16-17H,1-2H3,(H,18,19)/t6-,7?/m1/s1. The Balaban J connectivity index is 3.22. The second kappa shape index (κ2) is 5.48. The Morgan fingerprint density at radius 3 is 2.42 bits per heavy atom. The van der Waals surface area contributed by atoms with Crippen LogP contribution in [0.3, 0.4) is 0 Å². The smallest absolute Gasteiger partial charge is 0.405 e. The van der Waals surface area contributed by atoms with Gasteiger partial charge in [-0.15, -0.1) is 0 Å². The first-order chi connectivity index (χ1) is 8.67. The zero-order chi connectivity index (χ0) is 14.8. The molecule has 4 nitrogen and oxygen atoms in total. The van der Waals surface area contributed by atoms with Crippen LogP contribution in [0.1, 0.15) is 31.0 Å². The highest BCUT2D eigenvalue weighted by Crippen LogP contribution is 2.35. The Morgan fingerprint density at radius 2 is 1.95 bits per heavy atom. The monoisotopic (exact) mass is 277 g/mol. The van der Waals surface area contributed by atoms with Gasteiger partial charge in [-0.25, -0.2) is 9.18 Å². The summed E-state index contributed by atoms with van der Waals surface area (Å²) >= 11 is 0. The molecular formula is C12H14F3NO3. The molecule has 0 radical (unpaired) electrons. The van der Waals surface area contributed by atoms with Crippen molar-refractivity contribution in [3.8, 4) is 0 Å². The molecule has 1 aromatic carbocycles. The van der Waals surface area contributed by atoms with Crippen LogP contribution in [0.25, 0.3) is 0 Å². The fraction of sp³-hybridized carbons (Fsp3) is 0.417. The maximum absolute atomic E-state index is 14.0. The second-order valence-electron chi connectivity index (χ2n) is 4.18. The van der Waals surface area contributed by atoms with E-state index in [0.29, 0.717) is 0 Å². The lowest BCUT2D eigenvalue weighted by molar-refractivity contribution is -0.108. The SMILES string of the molecule is CC(O)C(F)(F)c1cccc([C@@H](C)NC(=O)O)c1F. The van der Waals surface area contributed by atoms with Gasteiger partial charge in [-0.2, -0.15) is 8.78 Å². The van der Waals surface area contributed by atoms with E-state index in [9.17, 15) is 18.0 Å². The van der Waals surface area contributed by atoms with E-state index in [1.807, 2.05) is 5.32 Å². The molecule has 0 heterocycles. The third-order valence-electron chi connectivity index (χ3n) is 2.72. The Morgan fingerprint density at radius 1 is 1.37 bits per heavy atom. The highest BCUT2D eigenvalue weighted by atomic mass is 19.3. The van der Waals surface area contributed by atoms with Crippen molar-refractivity contribution in [2.45, 2.75) is 31.9 Å². The first-order valence-electron chi connectivity index (χ1n) is 5.52. The minimum absolute atomic E-state index is 0.208. The summed E-state index contributed by atoms with van der Waals surface area (Å²) in [5.41, 5.74) is -1.17. The van der Waals surface area contributed by atoms with Crippen molar-refractivity contribution >= 4 is 6.09 Å². The van der Waals surface area contributed by atoms with Crippen molar-refractivity contribution in [1.29, 1.82) is 0 Å². The molecule has 2 atom stereocenters. The highest BCUT2D eigenvalue weighted by Gasteiger charge is 2.40. The van der Waals surface area contributed by atoms with Gasteiger partial charge >= 0.3 is 12.0 Å². The number of nitrogens with one attached hydrogen (secondary N) is 1. The molecule has 3 N–H and O–H groups in total. The molecule has 0 aliphatic rings. The molecule has 7 heteroatoms. The summed E-state index contributed by atoms with van der Waals surface area (Å²) in [6.07, 6.45) is -3.44. The number of carbonyl (C=O) groups is 1. The van der Waals surface area contributed by atoms with Crippen LogP contribution >= 0.6 is 0 Å². The molecule has 0 spiro atoms. The van der Waals surface area contributed by atoms with E-state index in [-0.39, 0.29) is 5.56 Å². The van der Waals surface area contributed by atoms with Gasteiger partial charge in [0, 0.05) is 5.56 Å². The Hall–Kier alpha value is -1.76. The molecule has 0 bridgehead atoms. The van der Waals surface area contributed by atoms with E-state index >= 15 is 0 Å². The van der Waals surface area contributed by atoms with Crippen LogP contribution in [0.5, 0.6) is 0 Å². The minimum atomic E-state index is -3.75. The Labute approximate surface area is 107 Å². The molecule has 106 valence electrons. The molecule has 0 saturated carbocycles. The molecule has 0 aromatic heterocycles. The van der Waals surface area contributed by atoms with Gasteiger partial charge in [-0.05, 0) is 19.9 Å². The average Bonchev–Trinajstić information content (AvgIpc) is 2.27. The number of amides is 1. The predicted octanol–water partition coefficient (Wildman–Crippen LogP) is 2.63. The van der Waals surface area contributed by atoms with E-state index < -0.39 is 35.5 Å². The lowest BCUT2D eigenvalue weighted by Gasteiger charge is -2.22. The fourth-order valence-corrected chi connectivity index (χ4v) is 1.63. The van der Waals surface area contributed by atoms with Gasteiger partial charge in [-0.1, -0.05) is 12.1 Å². The third kappa shape index (κ3) is 3.17. The summed E-state index contributed by atoms with van der Waals surface area (Å²) < 4.78 is 41.2. The average molecular weight is 277 g/mol. The number of aliphatic hydroxyl groups excluding tert-OH is 1.